The van der Waals surface area contributed by atoms with Crippen molar-refractivity contribution in [1.82, 2.24) is 9.78 Å². The first-order chi connectivity index (χ1) is 14.6. The van der Waals surface area contributed by atoms with E-state index >= 15 is 0 Å². The second-order valence-corrected chi connectivity index (χ2v) is 7.45. The Labute approximate surface area is 180 Å². The van der Waals surface area contributed by atoms with Gasteiger partial charge < -0.3 is 4.74 Å². The molecule has 0 saturated carbocycles. The number of benzene rings is 3. The number of aromatic nitrogens is 2. The third kappa shape index (κ3) is 3.94. The summed E-state index contributed by atoms with van der Waals surface area (Å²) in [5.74, 6) is 0.752. The zero-order chi connectivity index (χ0) is 21.1. The molecule has 0 aliphatic rings. The fraction of sp³-hybridized carbons (Fsp3) is 0.120. The van der Waals surface area contributed by atoms with E-state index in [1.54, 1.807) is 16.8 Å². The summed E-state index contributed by atoms with van der Waals surface area (Å²) < 4.78 is 7.90. The summed E-state index contributed by atoms with van der Waals surface area (Å²) >= 11 is 6.18. The Morgan fingerprint density at radius 1 is 0.967 bits per heavy atom. The lowest BCUT2D eigenvalue weighted by molar-refractivity contribution is 0.302. The maximum atomic E-state index is 9.07. The Morgan fingerprint density at radius 3 is 2.33 bits per heavy atom. The Balaban J connectivity index is 1.52. The molecule has 0 spiro atoms. The van der Waals surface area contributed by atoms with Gasteiger partial charge in [-0.15, -0.1) is 0 Å². The largest absolute Gasteiger partial charge is 0.485 e. The Morgan fingerprint density at radius 2 is 1.67 bits per heavy atom. The summed E-state index contributed by atoms with van der Waals surface area (Å²) in [7, 11) is 0. The molecule has 4 aromatic rings. The van der Waals surface area contributed by atoms with Crippen LogP contribution in [0.2, 0.25) is 5.02 Å². The van der Waals surface area contributed by atoms with Gasteiger partial charge >= 0.3 is 0 Å². The highest BCUT2D eigenvalue weighted by atomic mass is 35.5. The van der Waals surface area contributed by atoms with Crippen LogP contribution < -0.4 is 4.74 Å². The van der Waals surface area contributed by atoms with Gasteiger partial charge in [-0.2, -0.15) is 10.4 Å². The highest BCUT2D eigenvalue weighted by Gasteiger charge is 2.15. The molecular formula is C25H20ClN3O. The average Bonchev–Trinajstić information content (AvgIpc) is 3.06. The van der Waals surface area contributed by atoms with Gasteiger partial charge in [-0.05, 0) is 48.7 Å². The van der Waals surface area contributed by atoms with Crippen LogP contribution >= 0.6 is 11.6 Å². The molecule has 0 unspecified atom stereocenters. The van der Waals surface area contributed by atoms with Crippen LogP contribution in [0.5, 0.6) is 5.75 Å². The van der Waals surface area contributed by atoms with Crippen LogP contribution in [0.3, 0.4) is 0 Å². The molecule has 4 rings (SSSR count). The lowest BCUT2D eigenvalue weighted by atomic mass is 10.0. The SMILES string of the molecule is Cc1nn(-c2ccc(C#N)c(Cl)c2)c(C)c1OCc1ccc(-c2ccccc2)cc1. The molecule has 0 aliphatic carbocycles. The van der Waals surface area contributed by atoms with Crippen LogP contribution in [0, 0.1) is 25.2 Å². The van der Waals surface area contributed by atoms with Gasteiger partial charge in [0, 0.05) is 0 Å². The van der Waals surface area contributed by atoms with Crippen molar-refractivity contribution in [3.8, 4) is 28.6 Å². The van der Waals surface area contributed by atoms with Crippen LogP contribution in [-0.4, -0.2) is 9.78 Å². The average molecular weight is 414 g/mol. The van der Waals surface area contributed by atoms with Gasteiger partial charge in [0.1, 0.15) is 18.4 Å². The third-order valence-corrected chi connectivity index (χ3v) is 5.30. The first-order valence-corrected chi connectivity index (χ1v) is 9.98. The van der Waals surface area contributed by atoms with E-state index in [9.17, 15) is 0 Å². The smallest absolute Gasteiger partial charge is 0.163 e. The molecule has 0 bridgehead atoms. The lowest BCUT2D eigenvalue weighted by Crippen LogP contribution is -2.01. The first-order valence-electron chi connectivity index (χ1n) is 9.60. The molecular weight excluding hydrogens is 394 g/mol. The molecule has 148 valence electrons. The molecule has 30 heavy (non-hydrogen) atoms. The van der Waals surface area contributed by atoms with Crippen molar-refractivity contribution >= 4 is 11.6 Å². The second kappa shape index (κ2) is 8.44. The maximum absolute atomic E-state index is 9.07. The van der Waals surface area contributed by atoms with E-state index < -0.39 is 0 Å². The number of halogens is 1. The topological polar surface area (TPSA) is 50.8 Å². The molecule has 0 N–H and O–H groups in total. The fourth-order valence-electron chi connectivity index (χ4n) is 3.39. The van der Waals surface area contributed by atoms with E-state index in [-0.39, 0.29) is 0 Å². The number of nitrogens with zero attached hydrogens (tertiary/aromatic N) is 3. The summed E-state index contributed by atoms with van der Waals surface area (Å²) in [4.78, 5) is 0. The van der Waals surface area contributed by atoms with E-state index in [1.807, 2.05) is 38.1 Å². The van der Waals surface area contributed by atoms with Crippen molar-refractivity contribution in [3.63, 3.8) is 0 Å². The molecule has 5 heteroatoms. The number of hydrogen-bond acceptors (Lipinski definition) is 3. The van der Waals surface area contributed by atoms with E-state index in [1.165, 1.54) is 11.1 Å². The highest BCUT2D eigenvalue weighted by molar-refractivity contribution is 6.31. The minimum Gasteiger partial charge on any atom is -0.485 e. The van der Waals surface area contributed by atoms with Crippen LogP contribution in [-0.2, 0) is 6.61 Å². The Bertz CT molecular complexity index is 1220. The zero-order valence-electron chi connectivity index (χ0n) is 16.8. The standard InChI is InChI=1S/C25H20ClN3O/c1-17-25(18(2)29(28-17)23-13-12-22(15-27)24(26)14-23)30-16-19-8-10-21(11-9-19)20-6-4-3-5-7-20/h3-14H,16H2,1-2H3. The maximum Gasteiger partial charge on any atom is 0.163 e. The lowest BCUT2D eigenvalue weighted by Gasteiger charge is -2.09. The molecule has 0 fully saturated rings. The van der Waals surface area contributed by atoms with Crippen LogP contribution in [0.25, 0.3) is 16.8 Å². The van der Waals surface area contributed by atoms with Gasteiger partial charge in [-0.25, -0.2) is 4.68 Å². The quantitative estimate of drug-likeness (QED) is 0.388. The molecule has 1 heterocycles. The monoisotopic (exact) mass is 413 g/mol. The zero-order valence-corrected chi connectivity index (χ0v) is 17.5. The summed E-state index contributed by atoms with van der Waals surface area (Å²) in [5, 5.41) is 14.1. The van der Waals surface area contributed by atoms with E-state index in [4.69, 9.17) is 21.6 Å². The van der Waals surface area contributed by atoms with Crippen LogP contribution in [0.4, 0.5) is 0 Å². The van der Waals surface area contributed by atoms with Crippen molar-refractivity contribution in [1.29, 1.82) is 5.26 Å². The molecule has 0 radical (unpaired) electrons. The second-order valence-electron chi connectivity index (χ2n) is 7.04. The normalized spacial score (nSPS) is 10.6. The molecule has 0 atom stereocenters. The molecule has 1 aromatic heterocycles. The van der Waals surface area contributed by atoms with Crippen molar-refractivity contribution in [3.05, 3.63) is 100 Å². The first kappa shape index (κ1) is 19.8. The summed E-state index contributed by atoms with van der Waals surface area (Å²) in [6.07, 6.45) is 0. The van der Waals surface area contributed by atoms with Gasteiger partial charge in [0.15, 0.2) is 5.75 Å². The minimum absolute atomic E-state index is 0.406. The highest BCUT2D eigenvalue weighted by Crippen LogP contribution is 2.28. The molecule has 0 saturated heterocycles. The van der Waals surface area contributed by atoms with Gasteiger partial charge in [-0.1, -0.05) is 66.2 Å². The van der Waals surface area contributed by atoms with Crippen molar-refractivity contribution < 1.29 is 4.74 Å². The Hall–Kier alpha value is -3.55. The summed E-state index contributed by atoms with van der Waals surface area (Å²) in [6, 6.07) is 26.0. The van der Waals surface area contributed by atoms with Crippen LogP contribution in [0.15, 0.2) is 72.8 Å². The van der Waals surface area contributed by atoms with Crippen molar-refractivity contribution in [2.45, 2.75) is 20.5 Å². The molecule has 3 aromatic carbocycles. The minimum atomic E-state index is 0.406. The molecule has 4 nitrogen and oxygen atoms in total. The summed E-state index contributed by atoms with van der Waals surface area (Å²) in [6.45, 7) is 4.33. The molecule has 0 aliphatic heterocycles. The number of nitriles is 1. The van der Waals surface area contributed by atoms with E-state index in [0.717, 1.165) is 28.4 Å². The van der Waals surface area contributed by atoms with Gasteiger partial charge in [-0.3, -0.25) is 0 Å². The number of rotatable bonds is 5. The number of ether oxygens (including phenoxy) is 1. The Kier molecular flexibility index (Phi) is 5.56. The van der Waals surface area contributed by atoms with E-state index in [0.29, 0.717) is 17.2 Å². The number of hydrogen-bond donors (Lipinski definition) is 0. The number of aryl methyl sites for hydroxylation is 1. The van der Waals surface area contributed by atoms with Crippen LogP contribution in [0.1, 0.15) is 22.5 Å². The fourth-order valence-corrected chi connectivity index (χ4v) is 3.61. The predicted octanol–water partition coefficient (Wildman–Crippen LogP) is 6.26. The van der Waals surface area contributed by atoms with Gasteiger partial charge in [0.2, 0.25) is 0 Å². The molecule has 0 amide bonds. The van der Waals surface area contributed by atoms with Crippen molar-refractivity contribution in [2.75, 3.05) is 0 Å². The van der Waals surface area contributed by atoms with Crippen molar-refractivity contribution in [2.24, 2.45) is 0 Å². The third-order valence-electron chi connectivity index (χ3n) is 4.99. The van der Waals surface area contributed by atoms with E-state index in [2.05, 4.69) is 47.6 Å². The van der Waals surface area contributed by atoms with Gasteiger partial charge in [0.25, 0.3) is 0 Å². The van der Waals surface area contributed by atoms with Gasteiger partial charge in [0.05, 0.1) is 22.0 Å². The predicted molar refractivity (Wildman–Crippen MR) is 119 cm³/mol. The summed E-state index contributed by atoms with van der Waals surface area (Å²) in [5.41, 5.74) is 6.38.